The zero-order chi connectivity index (χ0) is 16.9. The van der Waals surface area contributed by atoms with Crippen LogP contribution in [0.2, 0.25) is 0 Å². The van der Waals surface area contributed by atoms with Gasteiger partial charge >= 0.3 is 0 Å². The molecule has 1 aliphatic rings. The number of hydrogen-bond acceptors (Lipinski definition) is 3. The van der Waals surface area contributed by atoms with Crippen LogP contribution in [0.3, 0.4) is 0 Å². The molecule has 3 rings (SSSR count). The van der Waals surface area contributed by atoms with Crippen LogP contribution in [-0.2, 0) is 17.8 Å². The van der Waals surface area contributed by atoms with Crippen molar-refractivity contribution in [3.8, 4) is 11.4 Å². The highest BCUT2D eigenvalue weighted by molar-refractivity contribution is 5.96. The van der Waals surface area contributed by atoms with E-state index < -0.39 is 0 Å². The minimum absolute atomic E-state index is 0.0394. The van der Waals surface area contributed by atoms with Crippen molar-refractivity contribution < 1.29 is 9.59 Å². The number of nitrogens with zero attached hydrogens (tertiary/aromatic N) is 2. The molecule has 2 amide bonds. The summed E-state index contributed by atoms with van der Waals surface area (Å²) in [5.74, 6) is 0.320. The summed E-state index contributed by atoms with van der Waals surface area (Å²) in [6, 6.07) is 9.92. The smallest absolute Gasteiger partial charge is 0.272 e. The summed E-state index contributed by atoms with van der Waals surface area (Å²) in [5, 5.41) is 5.15. The lowest BCUT2D eigenvalue weighted by Gasteiger charge is -2.09. The van der Waals surface area contributed by atoms with Gasteiger partial charge in [0.25, 0.3) is 5.91 Å². The van der Waals surface area contributed by atoms with Gasteiger partial charge in [0.1, 0.15) is 11.5 Å². The van der Waals surface area contributed by atoms with Crippen LogP contribution in [0.4, 0.5) is 0 Å². The van der Waals surface area contributed by atoms with Crippen molar-refractivity contribution in [2.45, 2.75) is 32.2 Å². The Bertz CT molecular complexity index is 737. The van der Waals surface area contributed by atoms with Gasteiger partial charge < -0.3 is 15.2 Å². The van der Waals surface area contributed by atoms with Gasteiger partial charge in [0, 0.05) is 19.2 Å². The van der Waals surface area contributed by atoms with Gasteiger partial charge in [-0.2, -0.15) is 0 Å². The van der Waals surface area contributed by atoms with Crippen LogP contribution in [0.25, 0.3) is 11.4 Å². The molecule has 0 atom stereocenters. The van der Waals surface area contributed by atoms with Crippen LogP contribution in [-0.4, -0.2) is 35.0 Å². The SMILES string of the molecule is CNC(=O)CNC(=O)c1nc(-c2ccccc2)n2c1CCCCC2. The quantitative estimate of drug-likeness (QED) is 0.899. The molecule has 6 heteroatoms. The molecule has 1 aromatic heterocycles. The second-order valence-corrected chi connectivity index (χ2v) is 5.91. The molecule has 1 aliphatic heterocycles. The molecule has 0 spiro atoms. The van der Waals surface area contributed by atoms with Crippen LogP contribution in [0.15, 0.2) is 30.3 Å². The summed E-state index contributed by atoms with van der Waals surface area (Å²) in [5.41, 5.74) is 2.42. The topological polar surface area (TPSA) is 76.0 Å². The Morgan fingerprint density at radius 1 is 1.17 bits per heavy atom. The van der Waals surface area contributed by atoms with E-state index in [4.69, 9.17) is 0 Å². The first-order chi connectivity index (χ1) is 11.7. The van der Waals surface area contributed by atoms with E-state index >= 15 is 0 Å². The number of nitrogens with one attached hydrogen (secondary N) is 2. The normalized spacial score (nSPS) is 13.7. The minimum Gasteiger partial charge on any atom is -0.358 e. The summed E-state index contributed by atoms with van der Waals surface area (Å²) in [6.07, 6.45) is 4.12. The molecule has 2 heterocycles. The van der Waals surface area contributed by atoms with Gasteiger partial charge in [0.05, 0.1) is 12.2 Å². The highest BCUT2D eigenvalue weighted by atomic mass is 16.2. The van der Waals surface area contributed by atoms with Crippen LogP contribution in [0.5, 0.6) is 0 Å². The largest absolute Gasteiger partial charge is 0.358 e. The Morgan fingerprint density at radius 3 is 2.71 bits per heavy atom. The fourth-order valence-electron chi connectivity index (χ4n) is 3.04. The van der Waals surface area contributed by atoms with E-state index in [-0.39, 0.29) is 18.4 Å². The number of likely N-dealkylation sites (N-methyl/N-ethyl adjacent to an activating group) is 1. The lowest BCUT2D eigenvalue weighted by molar-refractivity contribution is -0.119. The molecule has 0 aliphatic carbocycles. The Labute approximate surface area is 141 Å². The third-order valence-electron chi connectivity index (χ3n) is 4.30. The fraction of sp³-hybridized carbons (Fsp3) is 0.389. The number of hydrogen-bond donors (Lipinski definition) is 2. The maximum Gasteiger partial charge on any atom is 0.272 e. The monoisotopic (exact) mass is 326 g/mol. The molecule has 2 N–H and O–H groups in total. The average Bonchev–Trinajstić information content (AvgIpc) is 2.81. The Hall–Kier alpha value is -2.63. The minimum atomic E-state index is -0.286. The van der Waals surface area contributed by atoms with Gasteiger partial charge in [-0.05, 0) is 19.3 Å². The number of benzene rings is 1. The molecule has 0 fully saturated rings. The predicted octanol–water partition coefficient (Wildman–Crippen LogP) is 1.75. The van der Waals surface area contributed by atoms with Crippen molar-refractivity contribution >= 4 is 11.8 Å². The summed E-state index contributed by atoms with van der Waals surface area (Å²) < 4.78 is 2.16. The molecule has 6 nitrogen and oxygen atoms in total. The van der Waals surface area contributed by atoms with E-state index in [1.807, 2.05) is 30.3 Å². The third-order valence-corrected chi connectivity index (χ3v) is 4.30. The molecule has 126 valence electrons. The average molecular weight is 326 g/mol. The second kappa shape index (κ2) is 7.29. The second-order valence-electron chi connectivity index (χ2n) is 5.91. The molecular weight excluding hydrogens is 304 g/mol. The van der Waals surface area contributed by atoms with E-state index in [9.17, 15) is 9.59 Å². The lowest BCUT2D eigenvalue weighted by atomic mass is 10.1. The van der Waals surface area contributed by atoms with Gasteiger partial charge in [0.15, 0.2) is 0 Å². The summed E-state index contributed by atoms with van der Waals surface area (Å²) in [6.45, 7) is 0.831. The fourth-order valence-corrected chi connectivity index (χ4v) is 3.04. The van der Waals surface area contributed by atoms with Crippen molar-refractivity contribution in [2.24, 2.45) is 0 Å². The van der Waals surface area contributed by atoms with E-state index in [2.05, 4.69) is 20.2 Å². The summed E-state index contributed by atoms with van der Waals surface area (Å²) in [7, 11) is 1.55. The summed E-state index contributed by atoms with van der Waals surface area (Å²) in [4.78, 5) is 28.5. The maximum atomic E-state index is 12.5. The lowest BCUT2D eigenvalue weighted by Crippen LogP contribution is -2.35. The molecule has 2 aromatic rings. The van der Waals surface area contributed by atoms with Crippen molar-refractivity contribution in [3.63, 3.8) is 0 Å². The molecule has 1 aromatic carbocycles. The zero-order valence-electron chi connectivity index (χ0n) is 13.8. The van der Waals surface area contributed by atoms with Gasteiger partial charge in [0.2, 0.25) is 5.91 Å². The third kappa shape index (κ3) is 3.32. The van der Waals surface area contributed by atoms with Crippen LogP contribution < -0.4 is 10.6 Å². The standard InChI is InChI=1S/C18H22N4O2/c1-19-15(23)12-20-18(24)16-14-10-6-3-7-11-22(14)17(21-16)13-8-4-2-5-9-13/h2,4-5,8-9H,3,6-7,10-12H2,1H3,(H,19,23)(H,20,24). The van der Waals surface area contributed by atoms with Crippen molar-refractivity contribution in [3.05, 3.63) is 41.7 Å². The van der Waals surface area contributed by atoms with Gasteiger partial charge in [-0.15, -0.1) is 0 Å². The highest BCUT2D eigenvalue weighted by Crippen LogP contribution is 2.27. The molecule has 0 saturated heterocycles. The van der Waals surface area contributed by atoms with E-state index in [0.29, 0.717) is 5.69 Å². The van der Waals surface area contributed by atoms with Gasteiger partial charge in [-0.3, -0.25) is 9.59 Å². The van der Waals surface area contributed by atoms with E-state index in [1.54, 1.807) is 7.05 Å². The van der Waals surface area contributed by atoms with Crippen LogP contribution in [0.1, 0.15) is 35.4 Å². The number of imidazole rings is 1. The molecular formula is C18H22N4O2. The van der Waals surface area contributed by atoms with Gasteiger partial charge in [-0.1, -0.05) is 36.8 Å². The molecule has 0 radical (unpaired) electrons. The molecule has 0 unspecified atom stereocenters. The first kappa shape index (κ1) is 16.2. The number of carbonyl (C=O) groups excluding carboxylic acids is 2. The zero-order valence-corrected chi connectivity index (χ0v) is 13.8. The number of aromatic nitrogens is 2. The molecule has 24 heavy (non-hydrogen) atoms. The number of rotatable bonds is 4. The van der Waals surface area contributed by atoms with Crippen LogP contribution in [0, 0.1) is 0 Å². The Kier molecular flexibility index (Phi) is 4.93. The van der Waals surface area contributed by atoms with Crippen molar-refractivity contribution in [1.29, 1.82) is 0 Å². The first-order valence-electron chi connectivity index (χ1n) is 8.34. The van der Waals surface area contributed by atoms with Crippen molar-refractivity contribution in [2.75, 3.05) is 13.6 Å². The highest BCUT2D eigenvalue weighted by Gasteiger charge is 2.24. The van der Waals surface area contributed by atoms with Crippen LogP contribution >= 0.6 is 0 Å². The van der Waals surface area contributed by atoms with Gasteiger partial charge in [-0.25, -0.2) is 4.98 Å². The number of fused-ring (bicyclic) bond motifs is 1. The molecule has 0 bridgehead atoms. The summed E-state index contributed by atoms with van der Waals surface area (Å²) >= 11 is 0. The number of carbonyl (C=O) groups is 2. The van der Waals surface area contributed by atoms with E-state index in [1.165, 1.54) is 0 Å². The predicted molar refractivity (Wildman–Crippen MR) is 91.6 cm³/mol. The van der Waals surface area contributed by atoms with E-state index in [0.717, 1.165) is 49.3 Å². The number of amides is 2. The maximum absolute atomic E-state index is 12.5. The first-order valence-corrected chi connectivity index (χ1v) is 8.34. The Balaban J connectivity index is 1.96. The Morgan fingerprint density at radius 2 is 1.96 bits per heavy atom. The molecule has 0 saturated carbocycles. The van der Waals surface area contributed by atoms with Crippen molar-refractivity contribution in [1.82, 2.24) is 20.2 Å².